The van der Waals surface area contributed by atoms with E-state index in [1.54, 1.807) is 30.8 Å². The lowest BCUT2D eigenvalue weighted by Gasteiger charge is -2.20. The molecule has 1 unspecified atom stereocenters. The van der Waals surface area contributed by atoms with E-state index < -0.39 is 0 Å². The summed E-state index contributed by atoms with van der Waals surface area (Å²) in [7, 11) is 5.24. The predicted molar refractivity (Wildman–Crippen MR) is 113 cm³/mol. The number of quaternary nitrogens is 1. The van der Waals surface area contributed by atoms with Crippen molar-refractivity contribution in [1.29, 1.82) is 0 Å². The van der Waals surface area contributed by atoms with E-state index in [2.05, 4.69) is 5.32 Å². The number of para-hydroxylation sites is 1. The molecular formula is C21H28N3O3S+. The van der Waals surface area contributed by atoms with Crippen LogP contribution in [0.25, 0.3) is 0 Å². The third kappa shape index (κ3) is 6.58. The quantitative estimate of drug-likeness (QED) is 0.625. The summed E-state index contributed by atoms with van der Waals surface area (Å²) in [6, 6.07) is 15.3. The van der Waals surface area contributed by atoms with E-state index in [0.717, 1.165) is 26.8 Å². The highest BCUT2D eigenvalue weighted by molar-refractivity contribution is 7.98. The van der Waals surface area contributed by atoms with Gasteiger partial charge in [0.25, 0.3) is 11.8 Å². The molecule has 2 aromatic rings. The Morgan fingerprint density at radius 3 is 2.43 bits per heavy atom. The zero-order valence-electron chi connectivity index (χ0n) is 16.8. The normalized spacial score (nSPS) is 11.6. The molecule has 2 amide bonds. The molecule has 1 atom stereocenters. The molecule has 0 radical (unpaired) electrons. The fourth-order valence-corrected chi connectivity index (χ4v) is 3.32. The van der Waals surface area contributed by atoms with Crippen molar-refractivity contribution in [3.63, 3.8) is 0 Å². The van der Waals surface area contributed by atoms with Crippen molar-refractivity contribution in [1.82, 2.24) is 4.90 Å². The Balaban J connectivity index is 1.82. The number of likely N-dealkylation sites (N-methyl/N-ethyl adjacent to an activating group) is 2. The molecule has 0 saturated heterocycles. The minimum atomic E-state index is -0.107. The van der Waals surface area contributed by atoms with Crippen molar-refractivity contribution in [2.24, 2.45) is 0 Å². The number of hydrogen-bond acceptors (Lipinski definition) is 4. The topological polar surface area (TPSA) is 63.1 Å². The van der Waals surface area contributed by atoms with Crippen LogP contribution in [0.2, 0.25) is 0 Å². The first kappa shape index (κ1) is 21.8. The van der Waals surface area contributed by atoms with Gasteiger partial charge in [-0.05, 0) is 36.1 Å². The summed E-state index contributed by atoms with van der Waals surface area (Å²) in [6.45, 7) is 0.998. The van der Waals surface area contributed by atoms with Crippen LogP contribution in [0.5, 0.6) is 5.75 Å². The highest BCUT2D eigenvalue weighted by Gasteiger charge is 2.18. The summed E-state index contributed by atoms with van der Waals surface area (Å²) in [4.78, 5) is 28.3. The fraction of sp³-hybridized carbons (Fsp3) is 0.333. The van der Waals surface area contributed by atoms with Gasteiger partial charge in [0.2, 0.25) is 0 Å². The van der Waals surface area contributed by atoms with Crippen LogP contribution in [0, 0.1) is 0 Å². The van der Waals surface area contributed by atoms with E-state index in [1.807, 2.05) is 61.8 Å². The average Bonchev–Trinajstić information content (AvgIpc) is 2.68. The number of methoxy groups -OCH3 is 1. The van der Waals surface area contributed by atoms with Gasteiger partial charge >= 0.3 is 0 Å². The Morgan fingerprint density at radius 1 is 1.11 bits per heavy atom. The molecule has 0 heterocycles. The number of carbonyl (C=O) groups excluding carboxylic acids is 2. The van der Waals surface area contributed by atoms with Crippen LogP contribution in [0.15, 0.2) is 53.4 Å². The van der Waals surface area contributed by atoms with Gasteiger partial charge in [-0.15, -0.1) is 11.8 Å². The molecule has 0 aliphatic heterocycles. The molecule has 2 aromatic carbocycles. The molecule has 0 fully saturated rings. The third-order valence-electron chi connectivity index (χ3n) is 4.30. The minimum absolute atomic E-state index is 0.00867. The Hall–Kier alpha value is -2.51. The second-order valence-electron chi connectivity index (χ2n) is 6.66. The molecule has 2 N–H and O–H groups in total. The van der Waals surface area contributed by atoms with Crippen LogP contribution >= 0.6 is 11.8 Å². The van der Waals surface area contributed by atoms with Crippen molar-refractivity contribution < 1.29 is 19.2 Å². The van der Waals surface area contributed by atoms with Crippen molar-refractivity contribution in [2.45, 2.75) is 11.4 Å². The Labute approximate surface area is 170 Å². The summed E-state index contributed by atoms with van der Waals surface area (Å²) in [6.07, 6.45) is 1.97. The number of anilines is 1. The van der Waals surface area contributed by atoms with E-state index in [-0.39, 0.29) is 24.9 Å². The average molecular weight is 403 g/mol. The van der Waals surface area contributed by atoms with Crippen molar-refractivity contribution in [3.05, 3.63) is 54.1 Å². The number of rotatable bonds is 9. The SMILES string of the molecule is COc1ccc(CN(C)C(=O)C[NH+](C)CC(=O)Nc2ccccc2SC)cc1. The van der Waals surface area contributed by atoms with E-state index in [0.29, 0.717) is 6.54 Å². The number of nitrogens with one attached hydrogen (secondary N) is 2. The number of amides is 2. The number of thioether (sulfide) groups is 1. The molecule has 6 nitrogen and oxygen atoms in total. The number of ether oxygens (including phenoxy) is 1. The third-order valence-corrected chi connectivity index (χ3v) is 5.10. The number of hydrogen-bond donors (Lipinski definition) is 2. The first-order valence-electron chi connectivity index (χ1n) is 9.04. The summed E-state index contributed by atoms with van der Waals surface area (Å²) in [5.41, 5.74) is 1.83. The monoisotopic (exact) mass is 402 g/mol. The van der Waals surface area contributed by atoms with Gasteiger partial charge in [0.15, 0.2) is 13.1 Å². The van der Waals surface area contributed by atoms with Gasteiger partial charge < -0.3 is 19.9 Å². The molecule has 7 heteroatoms. The fourth-order valence-electron chi connectivity index (χ4n) is 2.76. The van der Waals surface area contributed by atoms with Gasteiger partial charge in [-0.25, -0.2) is 0 Å². The van der Waals surface area contributed by atoms with Crippen LogP contribution in [0.4, 0.5) is 5.69 Å². The second-order valence-corrected chi connectivity index (χ2v) is 7.51. The number of benzene rings is 2. The van der Waals surface area contributed by atoms with Gasteiger partial charge in [-0.2, -0.15) is 0 Å². The first-order chi connectivity index (χ1) is 13.4. The maximum Gasteiger partial charge on any atom is 0.279 e. The molecule has 150 valence electrons. The highest BCUT2D eigenvalue weighted by Crippen LogP contribution is 2.24. The van der Waals surface area contributed by atoms with Crippen LogP contribution in [0.1, 0.15) is 5.56 Å². The molecule has 2 rings (SSSR count). The molecule has 0 saturated carbocycles. The van der Waals surface area contributed by atoms with Gasteiger partial charge in [0.05, 0.1) is 19.8 Å². The number of nitrogens with zero attached hydrogens (tertiary/aromatic N) is 1. The Kier molecular flexibility index (Phi) is 8.35. The van der Waals surface area contributed by atoms with E-state index in [4.69, 9.17) is 4.74 Å². The van der Waals surface area contributed by atoms with E-state index >= 15 is 0 Å². The number of carbonyl (C=O) groups is 2. The molecule has 0 aliphatic rings. The van der Waals surface area contributed by atoms with Crippen molar-refractivity contribution >= 4 is 29.3 Å². The van der Waals surface area contributed by atoms with E-state index in [1.165, 1.54) is 0 Å². The summed E-state index contributed by atoms with van der Waals surface area (Å²) in [5.74, 6) is 0.672. The molecule has 0 spiro atoms. The van der Waals surface area contributed by atoms with Gasteiger partial charge in [0, 0.05) is 18.5 Å². The molecule has 0 aromatic heterocycles. The van der Waals surface area contributed by atoms with Gasteiger partial charge in [0.1, 0.15) is 5.75 Å². The maximum atomic E-state index is 12.5. The van der Waals surface area contributed by atoms with Crippen LogP contribution in [-0.2, 0) is 16.1 Å². The van der Waals surface area contributed by atoms with E-state index in [9.17, 15) is 9.59 Å². The first-order valence-corrected chi connectivity index (χ1v) is 10.3. The maximum absolute atomic E-state index is 12.5. The minimum Gasteiger partial charge on any atom is -0.497 e. The van der Waals surface area contributed by atoms with Crippen molar-refractivity contribution in [3.8, 4) is 5.75 Å². The zero-order chi connectivity index (χ0) is 20.5. The predicted octanol–water partition coefficient (Wildman–Crippen LogP) is 1.53. The zero-order valence-corrected chi connectivity index (χ0v) is 17.6. The standard InChI is InChI=1S/C21H27N3O3S/c1-23(14-20(25)22-18-7-5-6-8-19(18)28-4)15-21(26)24(2)13-16-9-11-17(27-3)12-10-16/h5-12H,13-15H2,1-4H3,(H,22,25)/p+1. The van der Waals surface area contributed by atoms with Crippen molar-refractivity contribution in [2.75, 3.05) is 45.9 Å². The molecule has 28 heavy (non-hydrogen) atoms. The highest BCUT2D eigenvalue weighted by atomic mass is 32.2. The summed E-state index contributed by atoms with van der Waals surface area (Å²) >= 11 is 1.58. The van der Waals surface area contributed by atoms with Gasteiger partial charge in [-0.3, -0.25) is 9.59 Å². The largest absolute Gasteiger partial charge is 0.497 e. The van der Waals surface area contributed by atoms with Crippen LogP contribution < -0.4 is 15.0 Å². The second kappa shape index (κ2) is 10.7. The summed E-state index contributed by atoms with van der Waals surface area (Å²) in [5, 5.41) is 2.93. The van der Waals surface area contributed by atoms with Crippen LogP contribution in [-0.4, -0.2) is 57.3 Å². The smallest absolute Gasteiger partial charge is 0.279 e. The Bertz CT molecular complexity index is 796. The van der Waals surface area contributed by atoms with Gasteiger partial charge in [-0.1, -0.05) is 24.3 Å². The molecule has 0 bridgehead atoms. The molecule has 0 aliphatic carbocycles. The Morgan fingerprint density at radius 2 is 1.79 bits per heavy atom. The molecular weight excluding hydrogens is 374 g/mol. The lowest BCUT2D eigenvalue weighted by Crippen LogP contribution is -3.11. The lowest BCUT2D eigenvalue weighted by atomic mass is 10.2. The summed E-state index contributed by atoms with van der Waals surface area (Å²) < 4.78 is 5.15. The lowest BCUT2D eigenvalue weighted by molar-refractivity contribution is -0.862. The van der Waals surface area contributed by atoms with Crippen LogP contribution in [0.3, 0.4) is 0 Å².